The maximum atomic E-state index is 8.36. The third kappa shape index (κ3) is 3.17. The largest absolute Gasteiger partial charge is 0.494 e. The number of benzene rings is 1. The lowest BCUT2D eigenvalue weighted by Gasteiger charge is -2.08. The van der Waals surface area contributed by atoms with Crippen LogP contribution in [0.3, 0.4) is 0 Å². The predicted molar refractivity (Wildman–Crippen MR) is 82.8 cm³/mol. The lowest BCUT2D eigenvalue weighted by molar-refractivity contribution is -0.122. The summed E-state index contributed by atoms with van der Waals surface area (Å²) in [6.07, 6.45) is 1.80. The number of para-hydroxylation sites is 1. The van der Waals surface area contributed by atoms with Crippen molar-refractivity contribution in [3.63, 3.8) is 0 Å². The van der Waals surface area contributed by atoms with Crippen molar-refractivity contribution in [3.8, 4) is 16.3 Å². The third-order valence-corrected chi connectivity index (χ3v) is 3.69. The van der Waals surface area contributed by atoms with Crippen LogP contribution < -0.4 is 4.74 Å². The number of carbonyl (C=O) groups is 1. The second-order valence-corrected chi connectivity index (χ2v) is 5.00. The average Bonchev–Trinajstić information content (AvgIpc) is 3.01. The zero-order chi connectivity index (χ0) is 15.2. The second kappa shape index (κ2) is 6.81. The fourth-order valence-electron chi connectivity index (χ4n) is 2.03. The van der Waals surface area contributed by atoms with Gasteiger partial charge in [0.05, 0.1) is 17.7 Å². The standard InChI is InChI=1S/C14H12N2OS.CH2O2/c1-9-8-11(13-6-7-15-18-13)16-14-10(9)4-3-5-12(14)17-2;2-1-3/h3-8H,1-2H3;1H,(H,2,3). The summed E-state index contributed by atoms with van der Waals surface area (Å²) in [5, 5.41) is 8.02. The number of carboxylic acid groups (broad SMARTS) is 1. The average molecular weight is 302 g/mol. The molecule has 0 unspecified atom stereocenters. The molecule has 3 aromatic rings. The van der Waals surface area contributed by atoms with Gasteiger partial charge in [-0.05, 0) is 42.2 Å². The van der Waals surface area contributed by atoms with Crippen LogP contribution in [-0.2, 0) is 4.79 Å². The summed E-state index contributed by atoms with van der Waals surface area (Å²) < 4.78 is 9.50. The van der Waals surface area contributed by atoms with Gasteiger partial charge in [0, 0.05) is 11.6 Å². The lowest BCUT2D eigenvalue weighted by atomic mass is 10.1. The van der Waals surface area contributed by atoms with Crippen LogP contribution in [0.5, 0.6) is 5.75 Å². The Morgan fingerprint density at radius 1 is 1.33 bits per heavy atom. The van der Waals surface area contributed by atoms with E-state index < -0.39 is 0 Å². The molecule has 0 radical (unpaired) electrons. The SMILES string of the molecule is COc1cccc2c(C)cc(-c3ccns3)nc12.O=CO. The van der Waals surface area contributed by atoms with Crippen LogP contribution in [0, 0.1) is 6.92 Å². The summed E-state index contributed by atoms with van der Waals surface area (Å²) in [5.74, 6) is 0.807. The van der Waals surface area contributed by atoms with E-state index in [1.165, 1.54) is 17.1 Å². The van der Waals surface area contributed by atoms with Crippen molar-refractivity contribution in [1.82, 2.24) is 9.36 Å². The zero-order valence-corrected chi connectivity index (χ0v) is 12.4. The van der Waals surface area contributed by atoms with Crippen LogP contribution in [0.4, 0.5) is 0 Å². The minimum absolute atomic E-state index is 0.250. The van der Waals surface area contributed by atoms with E-state index >= 15 is 0 Å². The minimum atomic E-state index is -0.250. The molecule has 0 bridgehead atoms. The minimum Gasteiger partial charge on any atom is -0.494 e. The topological polar surface area (TPSA) is 72.3 Å². The number of ether oxygens (including phenoxy) is 1. The fraction of sp³-hybridized carbons (Fsp3) is 0.133. The Hall–Kier alpha value is -2.47. The Morgan fingerprint density at radius 2 is 2.10 bits per heavy atom. The Morgan fingerprint density at radius 3 is 2.71 bits per heavy atom. The van der Waals surface area contributed by atoms with Gasteiger partial charge in [-0.3, -0.25) is 4.79 Å². The van der Waals surface area contributed by atoms with Crippen molar-refractivity contribution in [2.45, 2.75) is 6.92 Å². The lowest BCUT2D eigenvalue weighted by Crippen LogP contribution is -1.91. The van der Waals surface area contributed by atoms with Crippen molar-refractivity contribution in [1.29, 1.82) is 0 Å². The summed E-state index contributed by atoms with van der Waals surface area (Å²) in [4.78, 5) is 14.1. The van der Waals surface area contributed by atoms with E-state index in [1.54, 1.807) is 13.3 Å². The summed E-state index contributed by atoms with van der Waals surface area (Å²) in [5.41, 5.74) is 3.05. The van der Waals surface area contributed by atoms with Gasteiger partial charge in [-0.25, -0.2) is 9.36 Å². The van der Waals surface area contributed by atoms with Gasteiger partial charge in [-0.2, -0.15) is 0 Å². The van der Waals surface area contributed by atoms with E-state index in [0.29, 0.717) is 0 Å². The molecule has 0 saturated heterocycles. The highest BCUT2D eigenvalue weighted by atomic mass is 32.1. The zero-order valence-electron chi connectivity index (χ0n) is 11.6. The highest BCUT2D eigenvalue weighted by molar-refractivity contribution is 7.09. The van der Waals surface area contributed by atoms with Gasteiger partial charge in [0.15, 0.2) is 0 Å². The van der Waals surface area contributed by atoms with Gasteiger partial charge in [-0.1, -0.05) is 12.1 Å². The first-order valence-electron chi connectivity index (χ1n) is 6.14. The van der Waals surface area contributed by atoms with Crippen LogP contribution in [0.2, 0.25) is 0 Å². The van der Waals surface area contributed by atoms with E-state index in [-0.39, 0.29) is 6.47 Å². The van der Waals surface area contributed by atoms with Gasteiger partial charge in [-0.15, -0.1) is 0 Å². The molecule has 21 heavy (non-hydrogen) atoms. The molecule has 3 rings (SSSR count). The van der Waals surface area contributed by atoms with Gasteiger partial charge in [0.2, 0.25) is 0 Å². The van der Waals surface area contributed by atoms with Crippen LogP contribution >= 0.6 is 11.5 Å². The molecule has 0 fully saturated rings. The number of pyridine rings is 1. The number of nitrogens with zero attached hydrogens (tertiary/aromatic N) is 2. The first kappa shape index (κ1) is 14.9. The number of aromatic nitrogens is 2. The molecular formula is C15H14N2O3S. The maximum Gasteiger partial charge on any atom is 0.290 e. The van der Waals surface area contributed by atoms with Gasteiger partial charge >= 0.3 is 0 Å². The number of fused-ring (bicyclic) bond motifs is 1. The van der Waals surface area contributed by atoms with Crippen molar-refractivity contribution >= 4 is 28.9 Å². The van der Waals surface area contributed by atoms with Crippen LogP contribution in [0.25, 0.3) is 21.5 Å². The maximum absolute atomic E-state index is 8.36. The molecule has 0 aliphatic heterocycles. The molecule has 0 amide bonds. The molecule has 0 aliphatic rings. The molecule has 0 atom stereocenters. The summed E-state index contributed by atoms with van der Waals surface area (Å²) in [7, 11) is 1.67. The van der Waals surface area contributed by atoms with Gasteiger partial charge < -0.3 is 9.84 Å². The molecule has 0 spiro atoms. The Labute approximate surface area is 126 Å². The van der Waals surface area contributed by atoms with Crippen molar-refractivity contribution in [2.24, 2.45) is 0 Å². The van der Waals surface area contributed by atoms with E-state index in [1.807, 2.05) is 18.2 Å². The van der Waals surface area contributed by atoms with E-state index in [9.17, 15) is 0 Å². The van der Waals surface area contributed by atoms with E-state index in [0.717, 1.165) is 27.2 Å². The normalized spacial score (nSPS) is 9.81. The summed E-state index contributed by atoms with van der Waals surface area (Å²) >= 11 is 1.45. The van der Waals surface area contributed by atoms with Crippen LogP contribution in [0.1, 0.15) is 5.56 Å². The Bertz CT molecular complexity index is 742. The molecule has 0 saturated carbocycles. The van der Waals surface area contributed by atoms with E-state index in [2.05, 4.69) is 23.4 Å². The molecule has 2 heterocycles. The van der Waals surface area contributed by atoms with Gasteiger partial charge in [0.25, 0.3) is 6.47 Å². The van der Waals surface area contributed by atoms with Crippen molar-refractivity contribution in [3.05, 3.63) is 42.1 Å². The molecule has 1 N–H and O–H groups in total. The molecule has 108 valence electrons. The van der Waals surface area contributed by atoms with Crippen LogP contribution in [0.15, 0.2) is 36.5 Å². The molecular weight excluding hydrogens is 288 g/mol. The second-order valence-electron chi connectivity index (χ2n) is 4.16. The Kier molecular flexibility index (Phi) is 4.84. The highest BCUT2D eigenvalue weighted by Gasteiger charge is 2.09. The van der Waals surface area contributed by atoms with Crippen molar-refractivity contribution < 1.29 is 14.6 Å². The van der Waals surface area contributed by atoms with E-state index in [4.69, 9.17) is 19.6 Å². The number of rotatable bonds is 2. The molecule has 2 aromatic heterocycles. The number of hydrogen-bond donors (Lipinski definition) is 1. The number of methoxy groups -OCH3 is 1. The van der Waals surface area contributed by atoms with Crippen molar-refractivity contribution in [2.75, 3.05) is 7.11 Å². The third-order valence-electron chi connectivity index (χ3n) is 2.92. The molecule has 0 aliphatic carbocycles. The summed E-state index contributed by atoms with van der Waals surface area (Å²) in [6, 6.07) is 10.1. The number of aryl methyl sites for hydroxylation is 1. The molecule has 1 aromatic carbocycles. The first-order valence-corrected chi connectivity index (χ1v) is 6.92. The quantitative estimate of drug-likeness (QED) is 0.735. The van der Waals surface area contributed by atoms with Gasteiger partial charge in [0.1, 0.15) is 11.3 Å². The number of hydrogen-bond acceptors (Lipinski definition) is 5. The summed E-state index contributed by atoms with van der Waals surface area (Å²) in [6.45, 7) is 1.84. The Balaban J connectivity index is 0.000000497. The smallest absolute Gasteiger partial charge is 0.290 e. The predicted octanol–water partition coefficient (Wildman–Crippen LogP) is 3.38. The fourth-order valence-corrected chi connectivity index (χ4v) is 2.59. The molecule has 6 heteroatoms. The first-order chi connectivity index (χ1) is 10.2. The monoisotopic (exact) mass is 302 g/mol. The molecule has 5 nitrogen and oxygen atoms in total. The highest BCUT2D eigenvalue weighted by Crippen LogP contribution is 2.30. The van der Waals surface area contributed by atoms with Crippen LogP contribution in [-0.4, -0.2) is 28.0 Å².